The summed E-state index contributed by atoms with van der Waals surface area (Å²) in [6.07, 6.45) is 1.76. The predicted molar refractivity (Wildman–Crippen MR) is 51.2 cm³/mol. The number of hydrogen-bond donors (Lipinski definition) is 0. The third-order valence-corrected chi connectivity index (χ3v) is 2.31. The van der Waals surface area contributed by atoms with Gasteiger partial charge in [-0.25, -0.2) is 4.98 Å². The molecule has 0 saturated carbocycles. The Morgan fingerprint density at radius 3 is 3.08 bits per heavy atom. The Labute approximate surface area is 82.5 Å². The molecule has 0 aliphatic carbocycles. The van der Waals surface area contributed by atoms with Gasteiger partial charge in [0.15, 0.2) is 5.15 Å². The monoisotopic (exact) mass is 245 g/mol. The fraction of sp³-hybridized carbons (Fsp3) is 0.143. The third-order valence-electron chi connectivity index (χ3n) is 1.64. The van der Waals surface area contributed by atoms with Crippen molar-refractivity contribution in [3.63, 3.8) is 0 Å². The van der Waals surface area contributed by atoms with Crippen molar-refractivity contribution in [1.82, 2.24) is 14.8 Å². The zero-order valence-electron chi connectivity index (χ0n) is 6.25. The molecular weight excluding hydrogens is 241 g/mol. The number of rotatable bonds is 0. The van der Waals surface area contributed by atoms with Crippen LogP contribution in [0.25, 0.3) is 10.9 Å². The highest BCUT2D eigenvalue weighted by Gasteiger charge is 2.06. The summed E-state index contributed by atoms with van der Waals surface area (Å²) in [5.74, 6) is 0. The molecule has 5 heteroatoms. The Hall–Kier alpha value is -0.610. The van der Waals surface area contributed by atoms with Crippen LogP contribution >= 0.6 is 27.5 Å². The average Bonchev–Trinajstić information content (AvgIpc) is 2.31. The van der Waals surface area contributed by atoms with Crippen LogP contribution in [-0.2, 0) is 7.05 Å². The minimum Gasteiger partial charge on any atom is -0.265 e. The molecule has 0 radical (unpaired) electrons. The van der Waals surface area contributed by atoms with Gasteiger partial charge in [0, 0.05) is 12.4 Å². The van der Waals surface area contributed by atoms with E-state index in [1.54, 1.807) is 10.9 Å². The predicted octanol–water partition coefficient (Wildman–Crippen LogP) is 2.38. The quantitative estimate of drug-likeness (QED) is 0.668. The number of hydrogen-bond acceptors (Lipinski definition) is 2. The van der Waals surface area contributed by atoms with Crippen molar-refractivity contribution < 1.29 is 0 Å². The van der Waals surface area contributed by atoms with E-state index in [2.05, 4.69) is 26.0 Å². The summed E-state index contributed by atoms with van der Waals surface area (Å²) >= 11 is 9.17. The van der Waals surface area contributed by atoms with Crippen LogP contribution in [0.1, 0.15) is 0 Å². The molecule has 0 N–H and O–H groups in total. The van der Waals surface area contributed by atoms with Crippen molar-refractivity contribution in [2.45, 2.75) is 0 Å². The molecule has 0 fully saturated rings. The first kappa shape index (κ1) is 8.01. The van der Waals surface area contributed by atoms with Gasteiger partial charge >= 0.3 is 0 Å². The van der Waals surface area contributed by atoms with Gasteiger partial charge in [-0.2, -0.15) is 5.10 Å². The van der Waals surface area contributed by atoms with Crippen molar-refractivity contribution in [1.29, 1.82) is 0 Å². The number of nitrogens with zero attached hydrogens (tertiary/aromatic N) is 3. The average molecular weight is 246 g/mol. The molecule has 62 valence electrons. The topological polar surface area (TPSA) is 30.7 Å². The van der Waals surface area contributed by atoms with Crippen molar-refractivity contribution in [2.75, 3.05) is 0 Å². The van der Waals surface area contributed by atoms with Crippen LogP contribution in [0.4, 0.5) is 0 Å². The number of pyridine rings is 1. The molecule has 0 aliphatic heterocycles. The van der Waals surface area contributed by atoms with Gasteiger partial charge in [0.2, 0.25) is 0 Å². The van der Waals surface area contributed by atoms with Crippen LogP contribution in [0.15, 0.2) is 16.9 Å². The van der Waals surface area contributed by atoms with E-state index in [0.717, 1.165) is 15.5 Å². The SMILES string of the molecule is Cn1ncc2cc(Br)nc(Cl)c21. The number of aromatic nitrogens is 3. The molecule has 0 atom stereocenters. The van der Waals surface area contributed by atoms with Crippen molar-refractivity contribution in [2.24, 2.45) is 7.05 Å². The summed E-state index contributed by atoms with van der Waals surface area (Å²) in [6, 6.07) is 1.88. The molecule has 0 bridgehead atoms. The van der Waals surface area contributed by atoms with Gasteiger partial charge in [0.05, 0.1) is 6.20 Å². The highest BCUT2D eigenvalue weighted by Crippen LogP contribution is 2.23. The van der Waals surface area contributed by atoms with Crippen LogP contribution in [0.5, 0.6) is 0 Å². The fourth-order valence-corrected chi connectivity index (χ4v) is 1.97. The summed E-state index contributed by atoms with van der Waals surface area (Å²) in [4.78, 5) is 4.06. The van der Waals surface area contributed by atoms with E-state index in [1.807, 2.05) is 13.1 Å². The maximum atomic E-state index is 5.91. The second-order valence-corrected chi connectivity index (χ2v) is 3.61. The molecule has 0 unspecified atom stereocenters. The molecule has 2 aromatic rings. The fourth-order valence-electron chi connectivity index (χ4n) is 1.12. The highest BCUT2D eigenvalue weighted by atomic mass is 79.9. The molecule has 2 rings (SSSR count). The van der Waals surface area contributed by atoms with Gasteiger partial charge in [-0.05, 0) is 22.0 Å². The standard InChI is InChI=1S/C7H5BrClN3/c1-12-6-4(3-10-12)2-5(8)11-7(6)9/h2-3H,1H3. The van der Waals surface area contributed by atoms with E-state index in [0.29, 0.717) is 5.15 Å². The molecule has 0 amide bonds. The van der Waals surface area contributed by atoms with E-state index in [-0.39, 0.29) is 0 Å². The van der Waals surface area contributed by atoms with Gasteiger partial charge in [-0.1, -0.05) is 11.6 Å². The van der Waals surface area contributed by atoms with E-state index in [1.165, 1.54) is 0 Å². The Kier molecular flexibility index (Phi) is 1.81. The minimum atomic E-state index is 0.472. The second-order valence-electron chi connectivity index (χ2n) is 2.44. The zero-order chi connectivity index (χ0) is 8.72. The maximum absolute atomic E-state index is 5.91. The summed E-state index contributed by atoms with van der Waals surface area (Å²) < 4.78 is 2.44. The molecular formula is C7H5BrClN3. The van der Waals surface area contributed by atoms with Gasteiger partial charge < -0.3 is 0 Å². The van der Waals surface area contributed by atoms with E-state index >= 15 is 0 Å². The Morgan fingerprint density at radius 1 is 1.58 bits per heavy atom. The minimum absolute atomic E-state index is 0.472. The number of halogens is 2. The Bertz CT molecular complexity index is 437. The first-order chi connectivity index (χ1) is 5.68. The first-order valence-corrected chi connectivity index (χ1v) is 4.49. The summed E-state index contributed by atoms with van der Waals surface area (Å²) in [7, 11) is 1.84. The second kappa shape index (κ2) is 2.71. The normalized spacial score (nSPS) is 10.9. The highest BCUT2D eigenvalue weighted by molar-refractivity contribution is 9.10. The smallest absolute Gasteiger partial charge is 0.156 e. The van der Waals surface area contributed by atoms with Crippen LogP contribution in [0, 0.1) is 0 Å². The van der Waals surface area contributed by atoms with Crippen molar-refractivity contribution in [3.8, 4) is 0 Å². The molecule has 2 aromatic heterocycles. The molecule has 0 aromatic carbocycles. The van der Waals surface area contributed by atoms with Crippen molar-refractivity contribution >= 4 is 38.4 Å². The van der Waals surface area contributed by atoms with E-state index in [9.17, 15) is 0 Å². The van der Waals surface area contributed by atoms with Gasteiger partial charge in [0.25, 0.3) is 0 Å². The van der Waals surface area contributed by atoms with Crippen LogP contribution in [0.3, 0.4) is 0 Å². The molecule has 12 heavy (non-hydrogen) atoms. The molecule has 2 heterocycles. The lowest BCUT2D eigenvalue weighted by Gasteiger charge is -1.96. The summed E-state index contributed by atoms with van der Waals surface area (Å²) in [5, 5.41) is 5.53. The van der Waals surface area contributed by atoms with Crippen LogP contribution in [0.2, 0.25) is 5.15 Å². The molecule has 0 aliphatic rings. The Morgan fingerprint density at radius 2 is 2.33 bits per heavy atom. The molecule has 0 saturated heterocycles. The lowest BCUT2D eigenvalue weighted by molar-refractivity contribution is 0.795. The number of aryl methyl sites for hydroxylation is 1. The lowest BCUT2D eigenvalue weighted by atomic mass is 10.3. The van der Waals surface area contributed by atoms with E-state index < -0.39 is 0 Å². The van der Waals surface area contributed by atoms with Crippen molar-refractivity contribution in [3.05, 3.63) is 22.0 Å². The lowest BCUT2D eigenvalue weighted by Crippen LogP contribution is -1.90. The molecule has 3 nitrogen and oxygen atoms in total. The molecule has 0 spiro atoms. The first-order valence-electron chi connectivity index (χ1n) is 3.32. The summed E-state index contributed by atoms with van der Waals surface area (Å²) in [6.45, 7) is 0. The maximum Gasteiger partial charge on any atom is 0.156 e. The van der Waals surface area contributed by atoms with Gasteiger partial charge in [-0.15, -0.1) is 0 Å². The summed E-state index contributed by atoms with van der Waals surface area (Å²) in [5.41, 5.74) is 0.861. The van der Waals surface area contributed by atoms with Crippen LogP contribution in [-0.4, -0.2) is 14.8 Å². The van der Waals surface area contributed by atoms with Crippen LogP contribution < -0.4 is 0 Å². The van der Waals surface area contributed by atoms with Gasteiger partial charge in [0.1, 0.15) is 10.1 Å². The zero-order valence-corrected chi connectivity index (χ0v) is 8.59. The number of fused-ring (bicyclic) bond motifs is 1. The Balaban J connectivity index is 2.93. The van der Waals surface area contributed by atoms with E-state index in [4.69, 9.17) is 11.6 Å². The third kappa shape index (κ3) is 1.11. The largest absolute Gasteiger partial charge is 0.265 e. The van der Waals surface area contributed by atoms with Gasteiger partial charge in [-0.3, -0.25) is 4.68 Å².